The van der Waals surface area contributed by atoms with Gasteiger partial charge in [0, 0.05) is 0 Å². The first kappa shape index (κ1) is 11.5. The molecule has 0 amide bonds. The summed E-state index contributed by atoms with van der Waals surface area (Å²) >= 11 is 5.20. The molecule has 4 heteroatoms. The molecule has 1 N–H and O–H groups in total. The Kier molecular flexibility index (Phi) is 8.50. The molecule has 0 bridgehead atoms. The molecule has 2 nitrogen and oxygen atoms in total. The Balaban J connectivity index is 0. The first-order valence-electron chi connectivity index (χ1n) is 2.05. The van der Waals surface area contributed by atoms with Crippen LogP contribution in [0.15, 0.2) is 0 Å². The molecule has 44 valence electrons. The fraction of sp³-hybridized carbons (Fsp3) is 0.750. The molecule has 0 saturated carbocycles. The summed E-state index contributed by atoms with van der Waals surface area (Å²) in [7, 11) is 0. The first-order valence-corrected chi connectivity index (χ1v) is 2.49. The third kappa shape index (κ3) is 4.91. The van der Waals surface area contributed by atoms with Crippen molar-refractivity contribution in [2.45, 2.75) is 18.7 Å². The van der Waals surface area contributed by atoms with Gasteiger partial charge in [-0.05, 0) is 6.42 Å². The van der Waals surface area contributed by atoms with Crippen molar-refractivity contribution in [2.75, 3.05) is 0 Å². The van der Waals surface area contributed by atoms with Crippen LogP contribution >= 0.6 is 11.6 Å². The standard InChI is InChI=1S/C4H7ClO2.Na.H/c1-2-3(5)4(6)7;;/h3H,2H2,1H3,(H,6,7);;. The van der Waals surface area contributed by atoms with Gasteiger partial charge in [0.05, 0.1) is 0 Å². The van der Waals surface area contributed by atoms with Crippen LogP contribution in [0.25, 0.3) is 0 Å². The number of carboxylic acid groups (broad SMARTS) is 1. The topological polar surface area (TPSA) is 37.3 Å². The van der Waals surface area contributed by atoms with Crippen LogP contribution in [0.4, 0.5) is 0 Å². The second kappa shape index (κ2) is 5.89. The minimum atomic E-state index is -0.941. The Labute approximate surface area is 75.5 Å². The molecule has 0 aliphatic carbocycles. The van der Waals surface area contributed by atoms with E-state index in [0.29, 0.717) is 6.42 Å². The molecular weight excluding hydrogens is 138 g/mol. The molecule has 0 saturated heterocycles. The number of halogens is 1. The van der Waals surface area contributed by atoms with Gasteiger partial charge in [-0.25, -0.2) is 0 Å². The van der Waals surface area contributed by atoms with Crippen molar-refractivity contribution >= 4 is 47.1 Å². The number of alkyl halides is 1. The van der Waals surface area contributed by atoms with Gasteiger partial charge in [0.1, 0.15) is 5.38 Å². The van der Waals surface area contributed by atoms with Crippen molar-refractivity contribution in [2.24, 2.45) is 0 Å². The van der Waals surface area contributed by atoms with Gasteiger partial charge in [0.15, 0.2) is 0 Å². The van der Waals surface area contributed by atoms with E-state index in [0.717, 1.165) is 0 Å². The Bertz CT molecular complexity index is 76.4. The zero-order chi connectivity index (χ0) is 5.86. The molecule has 0 aliphatic heterocycles. The zero-order valence-electron chi connectivity index (χ0n) is 4.02. The molecule has 0 aromatic rings. The number of hydrogen-bond acceptors (Lipinski definition) is 1. The van der Waals surface area contributed by atoms with Crippen LogP contribution in [0.2, 0.25) is 0 Å². The van der Waals surface area contributed by atoms with Crippen LogP contribution < -0.4 is 0 Å². The summed E-state index contributed by atoms with van der Waals surface area (Å²) in [4.78, 5) is 9.80. The Hall–Kier alpha value is 0.760. The van der Waals surface area contributed by atoms with Gasteiger partial charge in [-0.2, -0.15) is 0 Å². The zero-order valence-corrected chi connectivity index (χ0v) is 4.77. The molecule has 0 heterocycles. The molecule has 0 fully saturated rings. The minimum absolute atomic E-state index is 0. The van der Waals surface area contributed by atoms with E-state index in [-0.39, 0.29) is 29.6 Å². The van der Waals surface area contributed by atoms with Crippen molar-refractivity contribution in [3.05, 3.63) is 0 Å². The van der Waals surface area contributed by atoms with E-state index in [9.17, 15) is 4.79 Å². The molecular formula is C4H8ClNaO2. The summed E-state index contributed by atoms with van der Waals surface area (Å²) in [6, 6.07) is 0. The van der Waals surface area contributed by atoms with Crippen molar-refractivity contribution < 1.29 is 9.90 Å². The van der Waals surface area contributed by atoms with E-state index >= 15 is 0 Å². The fourth-order valence-corrected chi connectivity index (χ4v) is 0.175. The van der Waals surface area contributed by atoms with Crippen molar-refractivity contribution in [3.8, 4) is 0 Å². The van der Waals surface area contributed by atoms with Crippen LogP contribution in [0.3, 0.4) is 0 Å². The van der Waals surface area contributed by atoms with E-state index in [1.165, 1.54) is 0 Å². The maximum atomic E-state index is 9.80. The van der Waals surface area contributed by atoms with E-state index in [4.69, 9.17) is 16.7 Å². The Morgan fingerprint density at radius 1 is 1.88 bits per heavy atom. The summed E-state index contributed by atoms with van der Waals surface area (Å²) in [5, 5.41) is 7.34. The molecule has 0 aliphatic rings. The summed E-state index contributed by atoms with van der Waals surface area (Å²) in [6.07, 6.45) is 0.483. The summed E-state index contributed by atoms with van der Waals surface area (Å²) in [5.74, 6) is -0.941. The maximum absolute atomic E-state index is 9.80. The van der Waals surface area contributed by atoms with E-state index in [1.807, 2.05) is 0 Å². The first-order chi connectivity index (χ1) is 3.18. The monoisotopic (exact) mass is 146 g/mol. The van der Waals surface area contributed by atoms with Crippen LogP contribution in [-0.4, -0.2) is 46.0 Å². The number of aliphatic carboxylic acids is 1. The fourth-order valence-electron chi connectivity index (χ4n) is 0.175. The SMILES string of the molecule is CCC(Cl)C(=O)O.[NaH]. The quantitative estimate of drug-likeness (QED) is 0.454. The molecule has 1 unspecified atom stereocenters. The van der Waals surface area contributed by atoms with E-state index in [2.05, 4.69) is 0 Å². The molecule has 8 heavy (non-hydrogen) atoms. The predicted octanol–water partition coefficient (Wildman–Crippen LogP) is 0.440. The van der Waals surface area contributed by atoms with Crippen LogP contribution in [-0.2, 0) is 4.79 Å². The molecule has 1 atom stereocenters. The molecule has 0 spiro atoms. The number of carboxylic acids is 1. The van der Waals surface area contributed by atoms with Crippen molar-refractivity contribution in [3.63, 3.8) is 0 Å². The molecule has 0 radical (unpaired) electrons. The van der Waals surface area contributed by atoms with Crippen LogP contribution in [0.1, 0.15) is 13.3 Å². The third-order valence-electron chi connectivity index (χ3n) is 0.626. The summed E-state index contributed by atoms with van der Waals surface area (Å²) in [5.41, 5.74) is 0. The van der Waals surface area contributed by atoms with Gasteiger partial charge in [-0.15, -0.1) is 11.6 Å². The van der Waals surface area contributed by atoms with Gasteiger partial charge in [-0.3, -0.25) is 4.79 Å². The van der Waals surface area contributed by atoms with Gasteiger partial charge in [0.2, 0.25) is 0 Å². The van der Waals surface area contributed by atoms with E-state index in [1.54, 1.807) is 6.92 Å². The van der Waals surface area contributed by atoms with Gasteiger partial charge < -0.3 is 5.11 Å². The van der Waals surface area contributed by atoms with Gasteiger partial charge in [0.25, 0.3) is 0 Å². The average molecular weight is 147 g/mol. The number of hydrogen-bond donors (Lipinski definition) is 1. The van der Waals surface area contributed by atoms with Crippen LogP contribution in [0.5, 0.6) is 0 Å². The van der Waals surface area contributed by atoms with Gasteiger partial charge >= 0.3 is 35.5 Å². The average Bonchev–Trinajstić information content (AvgIpc) is 1.65. The Morgan fingerprint density at radius 3 is 2.25 bits per heavy atom. The number of rotatable bonds is 2. The second-order valence-corrected chi connectivity index (χ2v) is 1.74. The Morgan fingerprint density at radius 2 is 2.25 bits per heavy atom. The normalized spacial score (nSPS) is 11.8. The molecule has 0 aromatic heterocycles. The van der Waals surface area contributed by atoms with Crippen molar-refractivity contribution in [1.29, 1.82) is 0 Å². The molecule has 0 aromatic carbocycles. The predicted molar refractivity (Wildman–Crippen MR) is 34.7 cm³/mol. The summed E-state index contributed by atoms with van der Waals surface area (Å²) < 4.78 is 0. The molecule has 0 rings (SSSR count). The van der Waals surface area contributed by atoms with Crippen molar-refractivity contribution in [1.82, 2.24) is 0 Å². The summed E-state index contributed by atoms with van der Waals surface area (Å²) in [6.45, 7) is 1.73. The van der Waals surface area contributed by atoms with Crippen LogP contribution in [0, 0.1) is 0 Å². The number of carbonyl (C=O) groups is 1. The third-order valence-corrected chi connectivity index (χ3v) is 1.12. The van der Waals surface area contributed by atoms with Gasteiger partial charge in [-0.1, -0.05) is 6.92 Å². The second-order valence-electron chi connectivity index (χ2n) is 1.21. The van der Waals surface area contributed by atoms with E-state index < -0.39 is 11.3 Å².